The molecule has 0 aliphatic heterocycles. The molecule has 0 aliphatic carbocycles. The molecule has 1 unspecified atom stereocenters. The summed E-state index contributed by atoms with van der Waals surface area (Å²) in [5, 5.41) is 12.5. The summed E-state index contributed by atoms with van der Waals surface area (Å²) >= 11 is 3.60. The summed E-state index contributed by atoms with van der Waals surface area (Å²) in [6.45, 7) is 6.05. The van der Waals surface area contributed by atoms with E-state index in [0.29, 0.717) is 0 Å². The maximum Gasteiger partial charge on any atom is 0.0952 e. The second-order valence-corrected chi connectivity index (χ2v) is 5.35. The molecule has 104 valence electrons. The van der Waals surface area contributed by atoms with Gasteiger partial charge in [0.25, 0.3) is 0 Å². The van der Waals surface area contributed by atoms with Gasteiger partial charge in [0.2, 0.25) is 0 Å². The Kier molecular flexibility index (Phi) is 4.76. The smallest absolute Gasteiger partial charge is 0.0952 e. The molecule has 0 bridgehead atoms. The molecule has 1 atom stereocenters. The Balaban J connectivity index is 2.39. The zero-order chi connectivity index (χ0) is 13.8. The first-order valence-corrected chi connectivity index (χ1v) is 7.40. The van der Waals surface area contributed by atoms with Gasteiger partial charge >= 0.3 is 0 Å². The van der Waals surface area contributed by atoms with E-state index in [1.807, 2.05) is 34.9 Å². The van der Waals surface area contributed by atoms with Crippen LogP contribution in [-0.2, 0) is 13.6 Å². The van der Waals surface area contributed by atoms with Crippen molar-refractivity contribution in [2.75, 3.05) is 6.54 Å². The highest BCUT2D eigenvalue weighted by Crippen LogP contribution is 2.27. The lowest BCUT2D eigenvalue weighted by Gasteiger charge is -2.18. The highest BCUT2D eigenvalue weighted by molar-refractivity contribution is 9.10. The van der Waals surface area contributed by atoms with Gasteiger partial charge in [-0.2, -0.15) is 10.2 Å². The van der Waals surface area contributed by atoms with Gasteiger partial charge in [0.05, 0.1) is 28.1 Å². The number of aryl methyl sites for hydroxylation is 2. The molecule has 1 N–H and O–H groups in total. The predicted molar refractivity (Wildman–Crippen MR) is 78.9 cm³/mol. The van der Waals surface area contributed by atoms with E-state index in [0.717, 1.165) is 35.4 Å². The van der Waals surface area contributed by atoms with Crippen molar-refractivity contribution >= 4 is 15.9 Å². The van der Waals surface area contributed by atoms with Crippen LogP contribution in [0, 0.1) is 0 Å². The zero-order valence-electron chi connectivity index (χ0n) is 11.6. The minimum absolute atomic E-state index is 0.0676. The van der Waals surface area contributed by atoms with Crippen LogP contribution in [-0.4, -0.2) is 26.1 Å². The highest BCUT2D eigenvalue weighted by atomic mass is 79.9. The van der Waals surface area contributed by atoms with Gasteiger partial charge in [-0.3, -0.25) is 9.36 Å². The van der Waals surface area contributed by atoms with Crippen molar-refractivity contribution < 1.29 is 0 Å². The standard InChI is InChI=1S/C13H20BrN5/c1-4-7-15-12(11-6-8-18(3)17-11)13-10(14)9-16-19(13)5-2/h6,8-9,12,15H,4-5,7H2,1-3H3. The number of rotatable bonds is 6. The topological polar surface area (TPSA) is 47.7 Å². The quantitative estimate of drug-likeness (QED) is 0.887. The summed E-state index contributed by atoms with van der Waals surface area (Å²) in [7, 11) is 1.94. The largest absolute Gasteiger partial charge is 0.304 e. The summed E-state index contributed by atoms with van der Waals surface area (Å²) < 4.78 is 4.86. The van der Waals surface area contributed by atoms with Gasteiger partial charge in [-0.15, -0.1) is 0 Å². The predicted octanol–water partition coefficient (Wildman–Crippen LogP) is 2.49. The number of nitrogens with one attached hydrogen (secondary N) is 1. The molecular formula is C13H20BrN5. The van der Waals surface area contributed by atoms with Gasteiger partial charge in [-0.05, 0) is 41.9 Å². The van der Waals surface area contributed by atoms with Crippen molar-refractivity contribution in [2.24, 2.45) is 7.05 Å². The summed E-state index contributed by atoms with van der Waals surface area (Å²) in [6, 6.07) is 2.12. The molecule has 6 heteroatoms. The number of hydrogen-bond acceptors (Lipinski definition) is 3. The maximum atomic E-state index is 4.53. The fourth-order valence-corrected chi connectivity index (χ4v) is 2.65. The number of aromatic nitrogens is 4. The van der Waals surface area contributed by atoms with E-state index in [1.165, 1.54) is 0 Å². The normalized spacial score (nSPS) is 12.8. The van der Waals surface area contributed by atoms with Gasteiger partial charge < -0.3 is 5.32 Å². The summed E-state index contributed by atoms with van der Waals surface area (Å²) in [6.07, 6.45) is 4.90. The Morgan fingerprint density at radius 2 is 2.21 bits per heavy atom. The fraction of sp³-hybridized carbons (Fsp3) is 0.538. The lowest BCUT2D eigenvalue weighted by Crippen LogP contribution is -2.26. The summed E-state index contributed by atoms with van der Waals surface area (Å²) in [4.78, 5) is 0. The van der Waals surface area contributed by atoms with Gasteiger partial charge in [0, 0.05) is 19.8 Å². The lowest BCUT2D eigenvalue weighted by atomic mass is 10.1. The zero-order valence-corrected chi connectivity index (χ0v) is 13.2. The van der Waals surface area contributed by atoms with Crippen LogP contribution in [0.3, 0.4) is 0 Å². The Labute approximate surface area is 122 Å². The highest BCUT2D eigenvalue weighted by Gasteiger charge is 2.22. The molecule has 0 amide bonds. The van der Waals surface area contributed by atoms with Crippen LogP contribution in [0.1, 0.15) is 37.7 Å². The lowest BCUT2D eigenvalue weighted by molar-refractivity contribution is 0.515. The number of halogens is 1. The molecule has 0 fully saturated rings. The van der Waals surface area contributed by atoms with E-state index in [1.54, 1.807) is 0 Å². The molecule has 2 aromatic heterocycles. The average molecular weight is 326 g/mol. The number of nitrogens with zero attached hydrogens (tertiary/aromatic N) is 4. The summed E-state index contributed by atoms with van der Waals surface area (Å²) in [5.41, 5.74) is 2.15. The van der Waals surface area contributed by atoms with Crippen LogP contribution in [0.2, 0.25) is 0 Å². The molecule has 0 aliphatic rings. The van der Waals surface area contributed by atoms with E-state index in [4.69, 9.17) is 0 Å². The first-order valence-electron chi connectivity index (χ1n) is 6.61. The molecule has 0 saturated heterocycles. The second kappa shape index (κ2) is 6.34. The molecule has 0 saturated carbocycles. The summed E-state index contributed by atoms with van der Waals surface area (Å²) in [5.74, 6) is 0. The Morgan fingerprint density at radius 1 is 1.42 bits per heavy atom. The third-order valence-electron chi connectivity index (χ3n) is 3.03. The van der Waals surface area contributed by atoms with Crippen molar-refractivity contribution in [3.05, 3.63) is 34.3 Å². The van der Waals surface area contributed by atoms with Crippen LogP contribution in [0.4, 0.5) is 0 Å². The van der Waals surface area contributed by atoms with Gasteiger partial charge in [-0.1, -0.05) is 6.92 Å². The molecule has 0 spiro atoms. The SMILES string of the molecule is CCCNC(c1ccn(C)n1)c1c(Br)cnn1CC. The minimum atomic E-state index is 0.0676. The fourth-order valence-electron chi connectivity index (χ4n) is 2.13. The first-order chi connectivity index (χ1) is 9.17. The van der Waals surface area contributed by atoms with E-state index < -0.39 is 0 Å². The van der Waals surface area contributed by atoms with Crippen LogP contribution in [0.15, 0.2) is 22.9 Å². The van der Waals surface area contributed by atoms with E-state index in [2.05, 4.69) is 45.3 Å². The van der Waals surface area contributed by atoms with Crippen molar-refractivity contribution in [3.63, 3.8) is 0 Å². The van der Waals surface area contributed by atoms with Crippen molar-refractivity contribution in [2.45, 2.75) is 32.9 Å². The second-order valence-electron chi connectivity index (χ2n) is 4.49. The average Bonchev–Trinajstić information content (AvgIpc) is 2.98. The molecule has 2 heterocycles. The third kappa shape index (κ3) is 3.06. The van der Waals surface area contributed by atoms with Gasteiger partial charge in [0.15, 0.2) is 0 Å². The van der Waals surface area contributed by atoms with Crippen molar-refractivity contribution in [1.82, 2.24) is 24.9 Å². The number of hydrogen-bond donors (Lipinski definition) is 1. The molecule has 5 nitrogen and oxygen atoms in total. The molecule has 2 rings (SSSR count). The minimum Gasteiger partial charge on any atom is -0.304 e. The third-order valence-corrected chi connectivity index (χ3v) is 3.65. The molecular weight excluding hydrogens is 306 g/mol. The molecule has 19 heavy (non-hydrogen) atoms. The monoisotopic (exact) mass is 325 g/mol. The van der Waals surface area contributed by atoms with Crippen molar-refractivity contribution in [1.29, 1.82) is 0 Å². The van der Waals surface area contributed by atoms with Crippen LogP contribution in [0.5, 0.6) is 0 Å². The Hall–Kier alpha value is -1.14. The molecule has 0 radical (unpaired) electrons. The van der Waals surface area contributed by atoms with Crippen LogP contribution < -0.4 is 5.32 Å². The Morgan fingerprint density at radius 3 is 2.79 bits per heavy atom. The van der Waals surface area contributed by atoms with Gasteiger partial charge in [-0.25, -0.2) is 0 Å². The maximum absolute atomic E-state index is 4.53. The first kappa shape index (κ1) is 14.3. The van der Waals surface area contributed by atoms with Crippen LogP contribution >= 0.6 is 15.9 Å². The van der Waals surface area contributed by atoms with Crippen molar-refractivity contribution in [3.8, 4) is 0 Å². The van der Waals surface area contributed by atoms with E-state index in [-0.39, 0.29) is 6.04 Å². The molecule has 0 aromatic carbocycles. The van der Waals surface area contributed by atoms with Gasteiger partial charge in [0.1, 0.15) is 0 Å². The Bertz CT molecular complexity index is 531. The molecule has 2 aromatic rings. The van der Waals surface area contributed by atoms with E-state index in [9.17, 15) is 0 Å². The van der Waals surface area contributed by atoms with E-state index >= 15 is 0 Å². The van der Waals surface area contributed by atoms with Crippen LogP contribution in [0.25, 0.3) is 0 Å².